The van der Waals surface area contributed by atoms with Gasteiger partial charge in [-0.05, 0) is 41.2 Å². The van der Waals surface area contributed by atoms with Crippen molar-refractivity contribution in [2.45, 2.75) is 51.8 Å². The molecule has 0 aliphatic heterocycles. The lowest BCUT2D eigenvalue weighted by atomic mass is 9.93. The number of halogens is 3. The fraction of sp³-hybridized carbons (Fsp3) is 0.435. The number of aliphatic hydroxyl groups is 1. The first-order valence-corrected chi connectivity index (χ1v) is 10.1. The van der Waals surface area contributed by atoms with Crippen molar-refractivity contribution in [2.75, 3.05) is 18.5 Å². The van der Waals surface area contributed by atoms with Crippen molar-refractivity contribution in [3.8, 4) is 5.75 Å². The van der Waals surface area contributed by atoms with Gasteiger partial charge in [-0.15, -0.1) is 0 Å². The van der Waals surface area contributed by atoms with Crippen molar-refractivity contribution in [3.05, 3.63) is 59.2 Å². The van der Waals surface area contributed by atoms with Crippen LogP contribution in [0.5, 0.6) is 5.75 Å². The van der Waals surface area contributed by atoms with Crippen LogP contribution in [0.1, 0.15) is 56.2 Å². The third-order valence-electron chi connectivity index (χ3n) is 4.71. The summed E-state index contributed by atoms with van der Waals surface area (Å²) in [4.78, 5) is 12.4. The summed E-state index contributed by atoms with van der Waals surface area (Å²) in [5, 5.41) is 15.5. The van der Waals surface area contributed by atoms with Crippen LogP contribution < -0.4 is 15.4 Å². The molecule has 0 spiro atoms. The van der Waals surface area contributed by atoms with E-state index in [-0.39, 0.29) is 30.7 Å². The van der Waals surface area contributed by atoms with Crippen LogP contribution in [0.25, 0.3) is 0 Å². The maximum absolute atomic E-state index is 12.8. The number of amides is 2. The summed E-state index contributed by atoms with van der Waals surface area (Å²) in [6.07, 6.45) is -5.57. The maximum atomic E-state index is 12.8. The van der Waals surface area contributed by atoms with Crippen LogP contribution in [0.2, 0.25) is 0 Å². The second-order valence-corrected chi connectivity index (χ2v) is 7.95. The highest BCUT2D eigenvalue weighted by Gasteiger charge is 2.30. The number of rotatable bonds is 8. The van der Waals surface area contributed by atoms with E-state index in [0.717, 1.165) is 28.9 Å². The van der Waals surface area contributed by atoms with E-state index in [1.54, 1.807) is 0 Å². The SMILES string of the molecule is CC(C)c1cccc(C(C)C)c1NC(=O)NCC(O)COc1cccc(C(F)(F)F)c1. The Labute approximate surface area is 180 Å². The second kappa shape index (κ2) is 10.5. The number of carbonyl (C=O) groups excluding carboxylic acids is 1. The van der Waals surface area contributed by atoms with Gasteiger partial charge >= 0.3 is 12.2 Å². The Morgan fingerprint density at radius 2 is 1.61 bits per heavy atom. The normalized spacial score (nSPS) is 12.7. The molecular weight excluding hydrogens is 409 g/mol. The average molecular weight is 438 g/mol. The molecule has 0 aliphatic carbocycles. The zero-order valence-corrected chi connectivity index (χ0v) is 18.1. The smallest absolute Gasteiger partial charge is 0.416 e. The van der Waals surface area contributed by atoms with Crippen molar-refractivity contribution < 1.29 is 27.8 Å². The van der Waals surface area contributed by atoms with Crippen molar-refractivity contribution in [3.63, 3.8) is 0 Å². The Kier molecular flexibility index (Phi) is 8.33. The first kappa shape index (κ1) is 24.5. The van der Waals surface area contributed by atoms with Crippen LogP contribution in [-0.4, -0.2) is 30.4 Å². The van der Waals surface area contributed by atoms with Gasteiger partial charge in [0.15, 0.2) is 0 Å². The van der Waals surface area contributed by atoms with Crippen molar-refractivity contribution in [1.82, 2.24) is 5.32 Å². The largest absolute Gasteiger partial charge is 0.491 e. The molecular formula is C23H29F3N2O3. The Morgan fingerprint density at radius 3 is 2.16 bits per heavy atom. The molecule has 5 nitrogen and oxygen atoms in total. The molecule has 0 saturated carbocycles. The van der Waals surface area contributed by atoms with E-state index < -0.39 is 23.9 Å². The molecule has 31 heavy (non-hydrogen) atoms. The first-order valence-electron chi connectivity index (χ1n) is 10.1. The summed E-state index contributed by atoms with van der Waals surface area (Å²) in [5.41, 5.74) is 1.94. The molecule has 0 aliphatic rings. The molecule has 1 atom stereocenters. The molecule has 0 bridgehead atoms. The topological polar surface area (TPSA) is 70.6 Å². The first-order chi connectivity index (χ1) is 14.5. The zero-order valence-electron chi connectivity index (χ0n) is 18.1. The molecule has 170 valence electrons. The van der Waals surface area contributed by atoms with Crippen LogP contribution in [0, 0.1) is 0 Å². The molecule has 3 N–H and O–H groups in total. The summed E-state index contributed by atoms with van der Waals surface area (Å²) < 4.78 is 43.5. The van der Waals surface area contributed by atoms with E-state index in [4.69, 9.17) is 4.74 Å². The molecule has 8 heteroatoms. The van der Waals surface area contributed by atoms with E-state index >= 15 is 0 Å². The van der Waals surface area contributed by atoms with Gasteiger partial charge in [0, 0.05) is 12.2 Å². The monoisotopic (exact) mass is 438 g/mol. The second-order valence-electron chi connectivity index (χ2n) is 7.95. The van der Waals surface area contributed by atoms with Crippen molar-refractivity contribution in [1.29, 1.82) is 0 Å². The molecule has 2 amide bonds. The number of benzene rings is 2. The zero-order chi connectivity index (χ0) is 23.2. The Bertz CT molecular complexity index is 856. The predicted octanol–water partition coefficient (Wildman–Crippen LogP) is 5.51. The van der Waals surface area contributed by atoms with Crippen LogP contribution in [-0.2, 0) is 6.18 Å². The van der Waals surface area contributed by atoms with E-state index in [2.05, 4.69) is 10.6 Å². The number of ether oxygens (including phenoxy) is 1. The Balaban J connectivity index is 1.92. The average Bonchev–Trinajstić information content (AvgIpc) is 2.70. The molecule has 0 aromatic heterocycles. The fourth-order valence-corrected chi connectivity index (χ4v) is 3.08. The summed E-state index contributed by atoms with van der Waals surface area (Å²) in [5.74, 6) is 0.409. The fourth-order valence-electron chi connectivity index (χ4n) is 3.08. The quantitative estimate of drug-likeness (QED) is 0.509. The minimum absolute atomic E-state index is 0.00855. The van der Waals surface area contributed by atoms with Gasteiger partial charge in [0.05, 0.1) is 5.56 Å². The van der Waals surface area contributed by atoms with Crippen LogP contribution in [0.4, 0.5) is 23.7 Å². The van der Waals surface area contributed by atoms with Crippen LogP contribution in [0.3, 0.4) is 0 Å². The van der Waals surface area contributed by atoms with Crippen LogP contribution >= 0.6 is 0 Å². The number of alkyl halides is 3. The maximum Gasteiger partial charge on any atom is 0.416 e. The number of anilines is 1. The van der Waals surface area contributed by atoms with E-state index in [0.29, 0.717) is 0 Å². The van der Waals surface area contributed by atoms with Gasteiger partial charge in [0.1, 0.15) is 18.5 Å². The standard InChI is InChI=1S/C23H29F3N2O3/c1-14(2)19-9-6-10-20(15(3)4)21(19)28-22(30)27-12-17(29)13-31-18-8-5-7-16(11-18)23(24,25)26/h5-11,14-15,17,29H,12-13H2,1-4H3,(H2,27,28,30). The van der Waals surface area contributed by atoms with Gasteiger partial charge in [0.2, 0.25) is 0 Å². The third kappa shape index (κ3) is 7.17. The van der Waals surface area contributed by atoms with Gasteiger partial charge < -0.3 is 20.5 Å². The minimum Gasteiger partial charge on any atom is -0.491 e. The van der Waals surface area contributed by atoms with Crippen LogP contribution in [0.15, 0.2) is 42.5 Å². The van der Waals surface area contributed by atoms with E-state index in [1.165, 1.54) is 12.1 Å². The molecule has 2 aromatic carbocycles. The summed E-state index contributed by atoms with van der Waals surface area (Å²) in [7, 11) is 0. The summed E-state index contributed by atoms with van der Waals surface area (Å²) in [6, 6.07) is 9.82. The predicted molar refractivity (Wildman–Crippen MR) is 115 cm³/mol. The molecule has 2 rings (SSSR count). The third-order valence-corrected chi connectivity index (χ3v) is 4.71. The molecule has 0 fully saturated rings. The Hall–Kier alpha value is -2.74. The van der Waals surface area contributed by atoms with E-state index in [9.17, 15) is 23.1 Å². The number of para-hydroxylation sites is 1. The highest BCUT2D eigenvalue weighted by molar-refractivity contribution is 5.91. The summed E-state index contributed by atoms with van der Waals surface area (Å²) in [6.45, 7) is 7.77. The highest BCUT2D eigenvalue weighted by Crippen LogP contribution is 2.32. The number of hydrogen-bond acceptors (Lipinski definition) is 3. The van der Waals surface area contributed by atoms with E-state index in [1.807, 2.05) is 45.9 Å². The van der Waals surface area contributed by atoms with Gasteiger partial charge in [-0.25, -0.2) is 4.79 Å². The molecule has 0 heterocycles. The highest BCUT2D eigenvalue weighted by atomic mass is 19.4. The van der Waals surface area contributed by atoms with Gasteiger partial charge in [0.25, 0.3) is 0 Å². The van der Waals surface area contributed by atoms with Crippen molar-refractivity contribution >= 4 is 11.7 Å². The molecule has 0 radical (unpaired) electrons. The van der Waals surface area contributed by atoms with Gasteiger partial charge in [-0.1, -0.05) is 52.0 Å². The molecule has 1 unspecified atom stereocenters. The number of nitrogens with one attached hydrogen (secondary N) is 2. The minimum atomic E-state index is -4.47. The molecule has 2 aromatic rings. The van der Waals surface area contributed by atoms with Gasteiger partial charge in [-0.2, -0.15) is 13.2 Å². The number of carbonyl (C=O) groups is 1. The lowest BCUT2D eigenvalue weighted by Gasteiger charge is -2.21. The summed E-state index contributed by atoms with van der Waals surface area (Å²) >= 11 is 0. The number of urea groups is 1. The lowest BCUT2D eigenvalue weighted by molar-refractivity contribution is -0.137. The van der Waals surface area contributed by atoms with Crippen molar-refractivity contribution in [2.24, 2.45) is 0 Å². The number of hydrogen-bond donors (Lipinski definition) is 3. The van der Waals surface area contributed by atoms with Gasteiger partial charge in [-0.3, -0.25) is 0 Å². The lowest BCUT2D eigenvalue weighted by Crippen LogP contribution is -2.38. The number of aliphatic hydroxyl groups excluding tert-OH is 1. The Morgan fingerprint density at radius 1 is 1.03 bits per heavy atom. The molecule has 0 saturated heterocycles.